The van der Waals surface area contributed by atoms with Crippen LogP contribution in [0.3, 0.4) is 0 Å². The highest BCUT2D eigenvalue weighted by atomic mass is 19.1. The van der Waals surface area contributed by atoms with E-state index in [2.05, 4.69) is 20.5 Å². The van der Waals surface area contributed by atoms with Crippen LogP contribution in [0, 0.1) is 5.82 Å². The van der Waals surface area contributed by atoms with Gasteiger partial charge in [0.05, 0.1) is 11.4 Å². The standard InChI is InChI=1S/C23H19FN4O2/c24-19-13-15(8-9-22(19)29)20-14-21(28-27-20)17-6-1-2-7-18(17)23(30)26-12-10-16-5-3-4-11-25-16/h1-9,11,13-14,29H,10,12H2,(H,26,30)(H,27,28). The van der Waals surface area contributed by atoms with Gasteiger partial charge < -0.3 is 10.4 Å². The van der Waals surface area contributed by atoms with Crippen molar-refractivity contribution in [3.05, 3.63) is 90.0 Å². The number of phenolic OH excluding ortho intramolecular Hbond substituents is 1. The van der Waals surface area contributed by atoms with Crippen molar-refractivity contribution in [1.82, 2.24) is 20.5 Å². The summed E-state index contributed by atoms with van der Waals surface area (Å²) in [6.45, 7) is 0.461. The molecule has 0 aliphatic rings. The van der Waals surface area contributed by atoms with Gasteiger partial charge in [-0.3, -0.25) is 14.9 Å². The summed E-state index contributed by atoms with van der Waals surface area (Å²) in [6.07, 6.45) is 2.36. The van der Waals surface area contributed by atoms with Crippen LogP contribution in [-0.4, -0.2) is 32.7 Å². The number of aromatic nitrogens is 3. The number of aromatic amines is 1. The van der Waals surface area contributed by atoms with Gasteiger partial charge in [0.1, 0.15) is 0 Å². The minimum absolute atomic E-state index is 0.207. The van der Waals surface area contributed by atoms with Crippen LogP contribution in [0.4, 0.5) is 4.39 Å². The van der Waals surface area contributed by atoms with Crippen LogP contribution in [0.1, 0.15) is 16.1 Å². The third-order valence-corrected chi connectivity index (χ3v) is 4.68. The number of pyridine rings is 1. The number of carbonyl (C=O) groups is 1. The summed E-state index contributed by atoms with van der Waals surface area (Å²) in [6, 6.07) is 18.7. The molecule has 30 heavy (non-hydrogen) atoms. The molecule has 4 aromatic rings. The SMILES string of the molecule is O=C(NCCc1ccccn1)c1ccccc1-c1cc(-c2ccc(O)c(F)c2)[nH]n1. The summed E-state index contributed by atoms with van der Waals surface area (Å²) >= 11 is 0. The van der Waals surface area contributed by atoms with E-state index in [-0.39, 0.29) is 5.91 Å². The van der Waals surface area contributed by atoms with E-state index in [0.29, 0.717) is 41.0 Å². The van der Waals surface area contributed by atoms with Crippen molar-refractivity contribution < 1.29 is 14.3 Å². The number of nitrogens with one attached hydrogen (secondary N) is 2. The average Bonchev–Trinajstić information content (AvgIpc) is 3.26. The molecule has 3 N–H and O–H groups in total. The van der Waals surface area contributed by atoms with Crippen LogP contribution in [0.15, 0.2) is 72.9 Å². The molecule has 0 saturated carbocycles. The van der Waals surface area contributed by atoms with E-state index in [1.165, 1.54) is 12.1 Å². The first-order valence-electron chi connectivity index (χ1n) is 9.43. The molecule has 0 unspecified atom stereocenters. The van der Waals surface area contributed by atoms with Crippen molar-refractivity contribution in [1.29, 1.82) is 0 Å². The maximum Gasteiger partial charge on any atom is 0.251 e. The molecule has 0 saturated heterocycles. The second-order valence-corrected chi connectivity index (χ2v) is 6.71. The van der Waals surface area contributed by atoms with Gasteiger partial charge in [-0.1, -0.05) is 24.3 Å². The number of aromatic hydroxyl groups is 1. The zero-order chi connectivity index (χ0) is 20.9. The molecular formula is C23H19FN4O2. The van der Waals surface area contributed by atoms with Gasteiger partial charge in [0.25, 0.3) is 5.91 Å². The van der Waals surface area contributed by atoms with Gasteiger partial charge in [0.15, 0.2) is 11.6 Å². The number of halogens is 1. The smallest absolute Gasteiger partial charge is 0.251 e. The molecule has 0 fully saturated rings. The Morgan fingerprint density at radius 3 is 2.70 bits per heavy atom. The minimum Gasteiger partial charge on any atom is -0.505 e. The van der Waals surface area contributed by atoms with Gasteiger partial charge in [0, 0.05) is 41.5 Å². The Kier molecular flexibility index (Phi) is 5.52. The van der Waals surface area contributed by atoms with E-state index >= 15 is 0 Å². The van der Waals surface area contributed by atoms with Crippen LogP contribution in [0.25, 0.3) is 22.5 Å². The summed E-state index contributed by atoms with van der Waals surface area (Å²) < 4.78 is 13.7. The molecule has 4 rings (SSSR count). The fourth-order valence-electron chi connectivity index (χ4n) is 3.13. The van der Waals surface area contributed by atoms with Gasteiger partial charge in [-0.15, -0.1) is 0 Å². The molecule has 0 radical (unpaired) electrons. The Bertz CT molecular complexity index is 1170. The van der Waals surface area contributed by atoms with Crippen LogP contribution < -0.4 is 5.32 Å². The number of amides is 1. The summed E-state index contributed by atoms with van der Waals surface area (Å²) in [5, 5.41) is 19.4. The maximum atomic E-state index is 13.7. The Labute approximate surface area is 172 Å². The molecule has 2 aromatic heterocycles. The Balaban J connectivity index is 1.52. The molecule has 7 heteroatoms. The molecule has 0 bridgehead atoms. The third-order valence-electron chi connectivity index (χ3n) is 4.68. The first kappa shape index (κ1) is 19.3. The normalized spacial score (nSPS) is 10.7. The van der Waals surface area contributed by atoms with Gasteiger partial charge in [-0.25, -0.2) is 4.39 Å². The summed E-state index contributed by atoms with van der Waals surface area (Å²) in [5.41, 5.74) is 3.75. The van der Waals surface area contributed by atoms with Crippen molar-refractivity contribution in [3.8, 4) is 28.3 Å². The van der Waals surface area contributed by atoms with Gasteiger partial charge in [-0.2, -0.15) is 5.10 Å². The predicted molar refractivity (Wildman–Crippen MR) is 111 cm³/mol. The minimum atomic E-state index is -0.712. The predicted octanol–water partition coefficient (Wildman–Crippen LogP) is 3.96. The number of nitrogens with zero attached hydrogens (tertiary/aromatic N) is 2. The van der Waals surface area contributed by atoms with E-state index < -0.39 is 11.6 Å². The molecular weight excluding hydrogens is 383 g/mol. The van der Waals surface area contributed by atoms with Gasteiger partial charge in [0.2, 0.25) is 0 Å². The van der Waals surface area contributed by atoms with E-state index in [9.17, 15) is 14.3 Å². The zero-order valence-corrected chi connectivity index (χ0v) is 16.0. The van der Waals surface area contributed by atoms with Crippen LogP contribution in [0.2, 0.25) is 0 Å². The fourth-order valence-corrected chi connectivity index (χ4v) is 3.13. The number of H-pyrrole nitrogens is 1. The van der Waals surface area contributed by atoms with Crippen LogP contribution in [0.5, 0.6) is 5.75 Å². The molecule has 0 spiro atoms. The largest absolute Gasteiger partial charge is 0.505 e. The first-order valence-corrected chi connectivity index (χ1v) is 9.43. The monoisotopic (exact) mass is 402 g/mol. The van der Waals surface area contributed by atoms with Crippen LogP contribution in [-0.2, 0) is 6.42 Å². The third kappa shape index (κ3) is 4.20. The quantitative estimate of drug-likeness (QED) is 0.455. The second-order valence-electron chi connectivity index (χ2n) is 6.71. The fraction of sp³-hybridized carbons (Fsp3) is 0.0870. The van der Waals surface area contributed by atoms with E-state index in [0.717, 1.165) is 5.69 Å². The van der Waals surface area contributed by atoms with Crippen molar-refractivity contribution in [3.63, 3.8) is 0 Å². The molecule has 0 aliphatic carbocycles. The zero-order valence-electron chi connectivity index (χ0n) is 16.0. The van der Waals surface area contributed by atoms with E-state index in [1.54, 1.807) is 30.5 Å². The lowest BCUT2D eigenvalue weighted by atomic mass is 10.0. The summed E-state index contributed by atoms with van der Waals surface area (Å²) in [7, 11) is 0. The Morgan fingerprint density at radius 1 is 1.07 bits per heavy atom. The lowest BCUT2D eigenvalue weighted by Crippen LogP contribution is -2.26. The van der Waals surface area contributed by atoms with Crippen molar-refractivity contribution >= 4 is 5.91 Å². The Hall–Kier alpha value is -4.00. The first-order chi connectivity index (χ1) is 14.6. The number of hydrogen-bond acceptors (Lipinski definition) is 4. The van der Waals surface area contributed by atoms with Crippen LogP contribution >= 0.6 is 0 Å². The molecule has 2 heterocycles. The second kappa shape index (κ2) is 8.57. The number of phenols is 1. The lowest BCUT2D eigenvalue weighted by Gasteiger charge is -2.08. The van der Waals surface area contributed by atoms with Crippen molar-refractivity contribution in [2.24, 2.45) is 0 Å². The molecule has 0 atom stereocenters. The number of carbonyl (C=O) groups excluding carboxylic acids is 1. The van der Waals surface area contributed by atoms with E-state index in [4.69, 9.17) is 0 Å². The maximum absolute atomic E-state index is 13.7. The van der Waals surface area contributed by atoms with Gasteiger partial charge in [-0.05, 0) is 42.5 Å². The molecule has 2 aromatic carbocycles. The molecule has 150 valence electrons. The highest BCUT2D eigenvalue weighted by Gasteiger charge is 2.15. The molecule has 1 amide bonds. The highest BCUT2D eigenvalue weighted by Crippen LogP contribution is 2.28. The summed E-state index contributed by atoms with van der Waals surface area (Å²) in [5.74, 6) is -1.33. The van der Waals surface area contributed by atoms with Gasteiger partial charge >= 0.3 is 0 Å². The average molecular weight is 402 g/mol. The molecule has 0 aliphatic heterocycles. The van der Waals surface area contributed by atoms with E-state index in [1.807, 2.05) is 30.3 Å². The van der Waals surface area contributed by atoms with Crippen molar-refractivity contribution in [2.45, 2.75) is 6.42 Å². The van der Waals surface area contributed by atoms with Crippen molar-refractivity contribution in [2.75, 3.05) is 6.54 Å². The topological polar surface area (TPSA) is 90.9 Å². The number of benzene rings is 2. The number of hydrogen-bond donors (Lipinski definition) is 3. The lowest BCUT2D eigenvalue weighted by molar-refractivity contribution is 0.0954. The highest BCUT2D eigenvalue weighted by molar-refractivity contribution is 6.00. The Morgan fingerprint density at radius 2 is 1.90 bits per heavy atom. The molecule has 6 nitrogen and oxygen atoms in total. The summed E-state index contributed by atoms with van der Waals surface area (Å²) in [4.78, 5) is 17.0. The number of rotatable bonds is 6.